The molecule has 2 atom stereocenters. The van der Waals surface area contributed by atoms with Crippen LogP contribution in [0, 0.1) is 6.92 Å². The van der Waals surface area contributed by atoms with E-state index in [1.165, 1.54) is 11.6 Å². The number of fused-ring (bicyclic) bond motifs is 2. The Morgan fingerprint density at radius 2 is 1.81 bits per heavy atom. The number of anilines is 1. The molecule has 8 heteroatoms. The summed E-state index contributed by atoms with van der Waals surface area (Å²) in [6, 6.07) is 17.4. The van der Waals surface area contributed by atoms with Gasteiger partial charge in [0.1, 0.15) is 5.82 Å². The van der Waals surface area contributed by atoms with Gasteiger partial charge in [-0.3, -0.25) is 9.78 Å². The minimum absolute atomic E-state index is 0.0847. The minimum Gasteiger partial charge on any atom is -0.383 e. The number of carbonyl (C=O) groups is 1. The van der Waals surface area contributed by atoms with Crippen molar-refractivity contribution in [3.05, 3.63) is 100 Å². The molecule has 0 spiro atoms. The van der Waals surface area contributed by atoms with Gasteiger partial charge in [0.15, 0.2) is 0 Å². The van der Waals surface area contributed by atoms with Crippen molar-refractivity contribution in [2.75, 3.05) is 5.73 Å². The van der Waals surface area contributed by atoms with Gasteiger partial charge in [0.2, 0.25) is 0 Å². The fraction of sp³-hybridized carbons (Fsp3) is 0.276. The molecule has 0 radical (unpaired) electrons. The first-order chi connectivity index (χ1) is 17.6. The molecule has 0 aliphatic heterocycles. The van der Waals surface area contributed by atoms with E-state index in [1.54, 1.807) is 23.1 Å². The Morgan fingerprint density at radius 3 is 2.51 bits per heavy atom. The maximum Gasteiger partial charge on any atom is 0.417 e. The molecule has 1 amide bonds. The number of aryl methyl sites for hydroxylation is 1. The number of nitrogens with two attached hydrogens (primary N) is 1. The molecule has 4 aromatic rings. The summed E-state index contributed by atoms with van der Waals surface area (Å²) in [5.74, 6) is 0.579. The van der Waals surface area contributed by atoms with E-state index < -0.39 is 11.7 Å². The van der Waals surface area contributed by atoms with E-state index in [0.29, 0.717) is 28.5 Å². The van der Waals surface area contributed by atoms with Gasteiger partial charge in [-0.05, 0) is 78.8 Å². The van der Waals surface area contributed by atoms with Gasteiger partial charge in [-0.15, -0.1) is 0 Å². The number of carbonyl (C=O) groups excluding carboxylic acids is 1. The highest BCUT2D eigenvalue weighted by Gasteiger charge is 2.34. The number of benzene rings is 2. The van der Waals surface area contributed by atoms with Crippen LogP contribution in [0.4, 0.5) is 19.0 Å². The van der Waals surface area contributed by atoms with E-state index in [9.17, 15) is 18.0 Å². The number of nitrogens with zero attached hydrogens (tertiary/aromatic N) is 3. The summed E-state index contributed by atoms with van der Waals surface area (Å²) in [4.78, 5) is 24.2. The van der Waals surface area contributed by atoms with Gasteiger partial charge in [-0.25, -0.2) is 4.98 Å². The number of amides is 1. The number of rotatable bonds is 4. The monoisotopic (exact) mass is 504 g/mol. The second kappa shape index (κ2) is 9.50. The Balaban J connectivity index is 1.56. The van der Waals surface area contributed by atoms with Crippen LogP contribution >= 0.6 is 0 Å². The lowest BCUT2D eigenvalue weighted by Crippen LogP contribution is -2.37. The van der Waals surface area contributed by atoms with Gasteiger partial charge >= 0.3 is 6.18 Å². The Labute approximate surface area is 213 Å². The van der Waals surface area contributed by atoms with Crippen LogP contribution in [0.5, 0.6) is 0 Å². The molecule has 1 aliphatic rings. The zero-order chi connectivity index (χ0) is 26.3. The van der Waals surface area contributed by atoms with E-state index >= 15 is 0 Å². The van der Waals surface area contributed by atoms with Crippen LogP contribution in [-0.2, 0) is 12.7 Å². The molecule has 0 bridgehead atoms. The molecule has 2 aromatic carbocycles. The second-order valence-electron chi connectivity index (χ2n) is 9.69. The number of hydrogen-bond acceptors (Lipinski definition) is 4. The average Bonchev–Trinajstić information content (AvgIpc) is 2.88. The summed E-state index contributed by atoms with van der Waals surface area (Å²) in [7, 11) is 0. The molecule has 5 rings (SSSR count). The van der Waals surface area contributed by atoms with Crippen LogP contribution in [0.2, 0.25) is 0 Å². The van der Waals surface area contributed by atoms with Crippen molar-refractivity contribution in [3.8, 4) is 0 Å². The summed E-state index contributed by atoms with van der Waals surface area (Å²) in [6.45, 7) is 4.11. The average molecular weight is 505 g/mol. The topological polar surface area (TPSA) is 72.1 Å². The predicted molar refractivity (Wildman–Crippen MR) is 137 cm³/mol. The zero-order valence-corrected chi connectivity index (χ0v) is 20.6. The van der Waals surface area contributed by atoms with Gasteiger partial charge in [-0.2, -0.15) is 13.2 Å². The predicted octanol–water partition coefficient (Wildman–Crippen LogP) is 6.82. The summed E-state index contributed by atoms with van der Waals surface area (Å²) < 4.78 is 39.3. The number of aromatic nitrogens is 2. The van der Waals surface area contributed by atoms with Crippen molar-refractivity contribution in [2.24, 2.45) is 0 Å². The number of alkyl halides is 3. The number of pyridine rings is 2. The Kier molecular flexibility index (Phi) is 6.35. The molecule has 1 aliphatic carbocycles. The molecule has 2 heterocycles. The largest absolute Gasteiger partial charge is 0.417 e. The van der Waals surface area contributed by atoms with Gasteiger partial charge in [0.05, 0.1) is 29.4 Å². The molecule has 0 saturated heterocycles. The highest BCUT2D eigenvalue weighted by molar-refractivity contribution is 5.98. The Bertz CT molecular complexity index is 1470. The Hall–Kier alpha value is -3.94. The molecular weight excluding hydrogens is 477 g/mol. The molecule has 2 N–H and O–H groups in total. The van der Waals surface area contributed by atoms with Crippen LogP contribution in [-0.4, -0.2) is 20.8 Å². The lowest BCUT2D eigenvalue weighted by atomic mass is 9.80. The molecule has 37 heavy (non-hydrogen) atoms. The van der Waals surface area contributed by atoms with Crippen LogP contribution in [0.1, 0.15) is 70.0 Å². The third-order valence-corrected chi connectivity index (χ3v) is 7.17. The van der Waals surface area contributed by atoms with Crippen LogP contribution in [0.15, 0.2) is 66.9 Å². The minimum atomic E-state index is -4.47. The fourth-order valence-electron chi connectivity index (χ4n) is 5.09. The van der Waals surface area contributed by atoms with E-state index in [4.69, 9.17) is 5.73 Å². The third kappa shape index (κ3) is 4.88. The van der Waals surface area contributed by atoms with Gasteiger partial charge in [0.25, 0.3) is 5.91 Å². The number of halogens is 3. The first-order valence-corrected chi connectivity index (χ1v) is 12.2. The standard InChI is InChI=1S/C29H27F3N4O/c1-17-7-12-26(24-6-4-3-5-23(17)24)36(16-22-10-9-21(15-34-22)29(30,31)32)28(37)19-8-11-25-20(14-19)13-18(2)27(33)35-25/h3-6,8-11,13-15,17,26H,7,12,16H2,1-2H3,(H2,33,35)/t17-,26+/m0/s1. The highest BCUT2D eigenvalue weighted by atomic mass is 19.4. The normalized spacial score (nSPS) is 17.4. The lowest BCUT2D eigenvalue weighted by Gasteiger charge is -2.38. The van der Waals surface area contributed by atoms with E-state index in [1.807, 2.05) is 31.2 Å². The molecule has 190 valence electrons. The second-order valence-corrected chi connectivity index (χ2v) is 9.69. The van der Waals surface area contributed by atoms with E-state index in [2.05, 4.69) is 23.0 Å². The quantitative estimate of drug-likeness (QED) is 0.331. The molecule has 0 unspecified atom stereocenters. The van der Waals surface area contributed by atoms with Gasteiger partial charge in [0, 0.05) is 17.1 Å². The summed E-state index contributed by atoms with van der Waals surface area (Å²) in [5.41, 5.74) is 9.75. The van der Waals surface area contributed by atoms with Crippen molar-refractivity contribution in [1.82, 2.24) is 14.9 Å². The number of nitrogen functional groups attached to an aromatic ring is 1. The molecular formula is C29H27F3N4O. The fourth-order valence-corrected chi connectivity index (χ4v) is 5.09. The highest BCUT2D eigenvalue weighted by Crippen LogP contribution is 2.41. The van der Waals surface area contributed by atoms with E-state index in [-0.39, 0.29) is 18.5 Å². The number of hydrogen-bond donors (Lipinski definition) is 1. The zero-order valence-electron chi connectivity index (χ0n) is 20.6. The lowest BCUT2D eigenvalue weighted by molar-refractivity contribution is -0.137. The summed E-state index contributed by atoms with van der Waals surface area (Å²) >= 11 is 0. The first-order valence-electron chi connectivity index (χ1n) is 12.2. The molecule has 0 fully saturated rings. The SMILES string of the molecule is Cc1cc2cc(C(=O)N(Cc3ccc(C(F)(F)F)cn3)[C@@H]3CC[C@H](C)c4ccccc43)ccc2nc1N. The summed E-state index contributed by atoms with van der Waals surface area (Å²) in [6.07, 6.45) is -2.01. The maximum atomic E-state index is 14.0. The molecule has 0 saturated carbocycles. The van der Waals surface area contributed by atoms with Crippen LogP contribution in [0.25, 0.3) is 10.9 Å². The van der Waals surface area contributed by atoms with Gasteiger partial charge in [-0.1, -0.05) is 31.2 Å². The first kappa shape index (κ1) is 24.7. The van der Waals surface area contributed by atoms with Crippen LogP contribution < -0.4 is 5.73 Å². The smallest absolute Gasteiger partial charge is 0.383 e. The third-order valence-electron chi connectivity index (χ3n) is 7.17. The van der Waals surface area contributed by atoms with E-state index in [0.717, 1.165) is 41.6 Å². The van der Waals surface area contributed by atoms with Crippen molar-refractivity contribution in [1.29, 1.82) is 0 Å². The van der Waals surface area contributed by atoms with Crippen molar-refractivity contribution >= 4 is 22.6 Å². The van der Waals surface area contributed by atoms with Crippen molar-refractivity contribution in [3.63, 3.8) is 0 Å². The van der Waals surface area contributed by atoms with Crippen LogP contribution in [0.3, 0.4) is 0 Å². The summed E-state index contributed by atoms with van der Waals surface area (Å²) in [5, 5.41) is 0.794. The van der Waals surface area contributed by atoms with Crippen molar-refractivity contribution < 1.29 is 18.0 Å². The Morgan fingerprint density at radius 1 is 1.05 bits per heavy atom. The molecule has 5 nitrogen and oxygen atoms in total. The van der Waals surface area contributed by atoms with Gasteiger partial charge < -0.3 is 10.6 Å². The maximum absolute atomic E-state index is 14.0. The molecule has 2 aromatic heterocycles. The van der Waals surface area contributed by atoms with Crippen molar-refractivity contribution in [2.45, 2.75) is 51.4 Å².